The smallest absolute Gasteiger partial charge is 0.418 e. The van der Waals surface area contributed by atoms with E-state index >= 15 is 0 Å². The molecule has 6 heteroatoms. The van der Waals surface area contributed by atoms with E-state index in [1.54, 1.807) is 0 Å². The fraction of sp³-hybridized carbons (Fsp3) is 0.143. The number of hydrogen-bond donors (Lipinski definition) is 2. The van der Waals surface area contributed by atoms with E-state index in [2.05, 4.69) is 0 Å². The van der Waals surface area contributed by atoms with Gasteiger partial charge in [0.05, 0.1) is 11.3 Å². The molecule has 0 heterocycles. The predicted molar refractivity (Wildman–Crippen MR) is 39.3 cm³/mol. The topological polar surface area (TPSA) is 38.0 Å². The molecule has 0 radical (unpaired) electrons. The van der Waals surface area contributed by atoms with Crippen LogP contribution in [0.15, 0.2) is 24.3 Å². The summed E-state index contributed by atoms with van der Waals surface area (Å²) in [6.07, 6.45) is -4.36. The molecule has 0 unspecified atom stereocenters. The Morgan fingerprint density at radius 1 is 1.15 bits per heavy atom. The van der Waals surface area contributed by atoms with Gasteiger partial charge in [-0.25, -0.2) is 0 Å². The molecule has 1 aromatic rings. The van der Waals surface area contributed by atoms with Crippen LogP contribution in [0, 0.1) is 0 Å². The molecule has 0 saturated heterocycles. The van der Waals surface area contributed by atoms with Gasteiger partial charge in [0.1, 0.15) is 0 Å². The van der Waals surface area contributed by atoms with E-state index in [1.165, 1.54) is 18.2 Å². The lowest BCUT2D eigenvalue weighted by atomic mass is 10.2. The number of benzene rings is 1. The maximum absolute atomic E-state index is 12.1. The van der Waals surface area contributed by atoms with E-state index in [0.717, 1.165) is 6.07 Å². The normalized spacial score (nSPS) is 10.5. The van der Waals surface area contributed by atoms with Crippen LogP contribution >= 0.6 is 0 Å². The lowest BCUT2D eigenvalue weighted by Crippen LogP contribution is -3.00. The van der Waals surface area contributed by atoms with Crippen LogP contribution in [-0.2, 0) is 6.18 Å². The third kappa shape index (κ3) is 2.78. The second kappa shape index (κ2) is 4.34. The number of rotatable bonds is 1. The van der Waals surface area contributed by atoms with E-state index in [9.17, 15) is 13.2 Å². The van der Waals surface area contributed by atoms with Crippen molar-refractivity contribution in [3.8, 4) is 0 Å². The van der Waals surface area contributed by atoms with Gasteiger partial charge in [0, 0.05) is 0 Å². The molecular formula is C7H7ClF3N2-. The summed E-state index contributed by atoms with van der Waals surface area (Å²) in [6.45, 7) is 0. The van der Waals surface area contributed by atoms with Crippen LogP contribution in [0.5, 0.6) is 0 Å². The van der Waals surface area contributed by atoms with Crippen molar-refractivity contribution in [1.29, 1.82) is 0 Å². The number of hydrogen-bond acceptors (Lipinski definition) is 2. The number of hydrazine groups is 1. The zero-order valence-electron chi connectivity index (χ0n) is 6.40. The van der Waals surface area contributed by atoms with Crippen molar-refractivity contribution >= 4 is 5.69 Å². The summed E-state index contributed by atoms with van der Waals surface area (Å²) < 4.78 is 36.4. The third-order valence-electron chi connectivity index (χ3n) is 1.39. The number of nitrogen functional groups attached to an aromatic ring is 1. The van der Waals surface area contributed by atoms with Crippen LogP contribution < -0.4 is 23.7 Å². The highest BCUT2D eigenvalue weighted by atomic mass is 35.5. The molecule has 0 aromatic heterocycles. The van der Waals surface area contributed by atoms with Crippen molar-refractivity contribution in [2.75, 3.05) is 5.43 Å². The average Bonchev–Trinajstić information content (AvgIpc) is 2.03. The minimum atomic E-state index is -4.36. The largest absolute Gasteiger partial charge is 1.00 e. The molecule has 13 heavy (non-hydrogen) atoms. The zero-order chi connectivity index (χ0) is 9.19. The van der Waals surface area contributed by atoms with Crippen LogP contribution in [0.2, 0.25) is 0 Å². The van der Waals surface area contributed by atoms with Gasteiger partial charge in [-0.15, -0.1) is 0 Å². The minimum absolute atomic E-state index is 0. The molecule has 0 aliphatic rings. The SMILES string of the molecule is NNc1ccccc1C(F)(F)F.[Cl-]. The quantitative estimate of drug-likeness (QED) is 0.462. The van der Waals surface area contributed by atoms with Gasteiger partial charge in [-0.05, 0) is 12.1 Å². The predicted octanol–water partition coefficient (Wildman–Crippen LogP) is -1.00. The van der Waals surface area contributed by atoms with Gasteiger partial charge in [-0.1, -0.05) is 12.1 Å². The number of anilines is 1. The average molecular weight is 212 g/mol. The molecule has 74 valence electrons. The Labute approximate surface area is 79.3 Å². The summed E-state index contributed by atoms with van der Waals surface area (Å²) in [6, 6.07) is 5.02. The van der Waals surface area contributed by atoms with Gasteiger partial charge in [0.25, 0.3) is 0 Å². The molecule has 3 N–H and O–H groups in total. The number of para-hydroxylation sites is 1. The second-order valence-electron chi connectivity index (χ2n) is 2.19. The van der Waals surface area contributed by atoms with Gasteiger partial charge in [0.2, 0.25) is 0 Å². The summed E-state index contributed by atoms with van der Waals surface area (Å²) in [4.78, 5) is 0. The molecule has 0 spiro atoms. The van der Waals surface area contributed by atoms with E-state index in [-0.39, 0.29) is 18.1 Å². The zero-order valence-corrected chi connectivity index (χ0v) is 7.15. The number of halogens is 4. The molecule has 2 nitrogen and oxygen atoms in total. The Hall–Kier alpha value is -0.940. The first-order chi connectivity index (χ1) is 5.55. The molecular weight excluding hydrogens is 205 g/mol. The van der Waals surface area contributed by atoms with Crippen molar-refractivity contribution in [2.24, 2.45) is 5.84 Å². The molecule has 1 aromatic carbocycles. The summed E-state index contributed by atoms with van der Waals surface area (Å²) in [5, 5.41) is 0. The molecule has 0 atom stereocenters. The summed E-state index contributed by atoms with van der Waals surface area (Å²) in [5.74, 6) is 4.90. The fourth-order valence-corrected chi connectivity index (χ4v) is 0.856. The molecule has 0 aliphatic carbocycles. The molecule has 1 rings (SSSR count). The summed E-state index contributed by atoms with van der Waals surface area (Å²) >= 11 is 0. The maximum atomic E-state index is 12.1. The number of alkyl halides is 3. The highest BCUT2D eigenvalue weighted by Crippen LogP contribution is 2.33. The van der Waals surface area contributed by atoms with E-state index < -0.39 is 11.7 Å². The van der Waals surface area contributed by atoms with E-state index in [4.69, 9.17) is 5.84 Å². The van der Waals surface area contributed by atoms with Crippen molar-refractivity contribution in [3.63, 3.8) is 0 Å². The van der Waals surface area contributed by atoms with E-state index in [1.807, 2.05) is 5.43 Å². The number of nitrogens with two attached hydrogens (primary N) is 1. The summed E-state index contributed by atoms with van der Waals surface area (Å²) in [7, 11) is 0. The highest BCUT2D eigenvalue weighted by Gasteiger charge is 2.32. The molecule has 0 bridgehead atoms. The second-order valence-corrected chi connectivity index (χ2v) is 2.19. The van der Waals surface area contributed by atoms with Crippen molar-refractivity contribution in [1.82, 2.24) is 0 Å². The van der Waals surface area contributed by atoms with Crippen molar-refractivity contribution < 1.29 is 25.6 Å². The third-order valence-corrected chi connectivity index (χ3v) is 1.39. The van der Waals surface area contributed by atoms with Crippen LogP contribution in [0.25, 0.3) is 0 Å². The molecule has 0 saturated carbocycles. The number of nitrogens with one attached hydrogen (secondary N) is 1. The van der Waals surface area contributed by atoms with Gasteiger partial charge in [0.15, 0.2) is 0 Å². The van der Waals surface area contributed by atoms with Crippen molar-refractivity contribution in [3.05, 3.63) is 29.8 Å². The Balaban J connectivity index is 0.00000144. The molecule has 0 amide bonds. The van der Waals surface area contributed by atoms with E-state index in [0.29, 0.717) is 0 Å². The molecule has 0 aliphatic heterocycles. The van der Waals surface area contributed by atoms with Gasteiger partial charge < -0.3 is 17.8 Å². The standard InChI is InChI=1S/C7H7F3N2.ClH/c8-7(9,10)5-3-1-2-4-6(5)12-11;/h1-4,12H,11H2;1H/p-1. The Morgan fingerprint density at radius 3 is 2.08 bits per heavy atom. The lowest BCUT2D eigenvalue weighted by Gasteiger charge is -2.10. The molecule has 0 fully saturated rings. The Kier molecular flexibility index (Phi) is 4.03. The van der Waals surface area contributed by atoms with Crippen LogP contribution in [0.3, 0.4) is 0 Å². The van der Waals surface area contributed by atoms with Crippen LogP contribution in [0.1, 0.15) is 5.56 Å². The monoisotopic (exact) mass is 211 g/mol. The van der Waals surface area contributed by atoms with Crippen molar-refractivity contribution in [2.45, 2.75) is 6.18 Å². The van der Waals surface area contributed by atoms with Gasteiger partial charge in [-0.2, -0.15) is 13.2 Å². The first kappa shape index (κ1) is 12.1. The highest BCUT2D eigenvalue weighted by molar-refractivity contribution is 5.51. The Morgan fingerprint density at radius 2 is 1.69 bits per heavy atom. The fourth-order valence-electron chi connectivity index (χ4n) is 0.856. The first-order valence-corrected chi connectivity index (χ1v) is 3.18. The lowest BCUT2D eigenvalue weighted by molar-refractivity contribution is -0.137. The Bertz CT molecular complexity index is 275. The minimum Gasteiger partial charge on any atom is -1.00 e. The van der Waals surface area contributed by atoms with Crippen LogP contribution in [0.4, 0.5) is 18.9 Å². The summed E-state index contributed by atoms with van der Waals surface area (Å²) in [5.41, 5.74) is 1.10. The first-order valence-electron chi connectivity index (χ1n) is 3.18. The van der Waals surface area contributed by atoms with Crippen LogP contribution in [-0.4, -0.2) is 0 Å². The van der Waals surface area contributed by atoms with Gasteiger partial charge in [-0.3, -0.25) is 5.84 Å². The van der Waals surface area contributed by atoms with Gasteiger partial charge >= 0.3 is 6.18 Å². The maximum Gasteiger partial charge on any atom is 0.418 e.